The van der Waals surface area contributed by atoms with Gasteiger partial charge in [-0.3, -0.25) is 14.3 Å². The number of hydrogen-bond donors (Lipinski definition) is 1. The highest BCUT2D eigenvalue weighted by Gasteiger charge is 2.17. The van der Waals surface area contributed by atoms with Gasteiger partial charge in [-0.15, -0.1) is 10.2 Å². The summed E-state index contributed by atoms with van der Waals surface area (Å²) in [7, 11) is 0. The van der Waals surface area contributed by atoms with Crippen LogP contribution in [0.15, 0.2) is 65.6 Å². The van der Waals surface area contributed by atoms with Gasteiger partial charge in [0, 0.05) is 35.2 Å². The minimum Gasteiger partial charge on any atom is -0.355 e. The second kappa shape index (κ2) is 10.6. The first-order valence-corrected chi connectivity index (χ1v) is 11.8. The Kier molecular flexibility index (Phi) is 7.38. The van der Waals surface area contributed by atoms with Crippen molar-refractivity contribution in [3.8, 4) is 17.1 Å². The van der Waals surface area contributed by atoms with E-state index < -0.39 is 0 Å². The smallest absolute Gasteiger partial charge is 0.230 e. The molecular weight excluding hydrogens is 430 g/mol. The highest BCUT2D eigenvalue weighted by Crippen LogP contribution is 2.28. The average Bonchev–Trinajstić information content (AvgIpc) is 3.23. The molecule has 0 unspecified atom stereocenters. The molecule has 160 valence electrons. The lowest BCUT2D eigenvalue weighted by molar-refractivity contribution is -0.118. The molecule has 1 aromatic carbocycles. The number of pyridine rings is 1. The number of rotatable bonds is 8. The summed E-state index contributed by atoms with van der Waals surface area (Å²) < 4.78 is 1.94. The van der Waals surface area contributed by atoms with Crippen LogP contribution in [0, 0.1) is 0 Å². The number of aromatic nitrogens is 4. The van der Waals surface area contributed by atoms with Crippen molar-refractivity contribution in [1.82, 2.24) is 25.1 Å². The Morgan fingerprint density at radius 1 is 1.10 bits per heavy atom. The number of halogens is 1. The summed E-state index contributed by atoms with van der Waals surface area (Å²) in [6.45, 7) is 0.678. The van der Waals surface area contributed by atoms with Crippen molar-refractivity contribution in [2.45, 2.75) is 37.3 Å². The van der Waals surface area contributed by atoms with E-state index in [1.165, 1.54) is 36.6 Å². The zero-order valence-corrected chi connectivity index (χ0v) is 18.7. The summed E-state index contributed by atoms with van der Waals surface area (Å²) in [6.07, 6.45) is 11.6. The van der Waals surface area contributed by atoms with E-state index >= 15 is 0 Å². The maximum Gasteiger partial charge on any atom is 0.230 e. The lowest BCUT2D eigenvalue weighted by atomic mass is 9.97. The molecule has 2 heterocycles. The van der Waals surface area contributed by atoms with Gasteiger partial charge in [-0.1, -0.05) is 35.0 Å². The van der Waals surface area contributed by atoms with Crippen LogP contribution in [0.5, 0.6) is 0 Å². The number of hydrogen-bond acceptors (Lipinski definition) is 5. The summed E-state index contributed by atoms with van der Waals surface area (Å²) in [5, 5.41) is 13.1. The van der Waals surface area contributed by atoms with E-state index in [9.17, 15) is 4.79 Å². The zero-order chi connectivity index (χ0) is 21.5. The number of nitrogens with one attached hydrogen (secondary N) is 1. The third-order valence-corrected chi connectivity index (χ3v) is 6.32. The second-order valence-corrected chi connectivity index (χ2v) is 8.73. The molecule has 1 N–H and O–H groups in total. The lowest BCUT2D eigenvalue weighted by Gasteiger charge is -2.13. The fourth-order valence-electron chi connectivity index (χ4n) is 3.55. The van der Waals surface area contributed by atoms with Crippen molar-refractivity contribution >= 4 is 29.3 Å². The number of amides is 1. The topological polar surface area (TPSA) is 72.7 Å². The van der Waals surface area contributed by atoms with Gasteiger partial charge in [-0.05, 0) is 68.5 Å². The molecule has 3 aromatic rings. The number of benzene rings is 1. The Morgan fingerprint density at radius 3 is 2.65 bits per heavy atom. The van der Waals surface area contributed by atoms with E-state index in [4.69, 9.17) is 11.6 Å². The van der Waals surface area contributed by atoms with Gasteiger partial charge < -0.3 is 5.32 Å². The normalized spacial score (nSPS) is 13.6. The summed E-state index contributed by atoms with van der Waals surface area (Å²) in [4.78, 5) is 16.5. The molecule has 0 spiro atoms. The van der Waals surface area contributed by atoms with E-state index in [-0.39, 0.29) is 11.7 Å². The molecule has 1 aliphatic carbocycles. The molecule has 0 fully saturated rings. The molecule has 8 heteroatoms. The van der Waals surface area contributed by atoms with Crippen molar-refractivity contribution in [2.24, 2.45) is 0 Å². The summed E-state index contributed by atoms with van der Waals surface area (Å²) in [6, 6.07) is 11.3. The molecule has 6 nitrogen and oxygen atoms in total. The van der Waals surface area contributed by atoms with Gasteiger partial charge in [0.2, 0.25) is 5.91 Å². The predicted molar refractivity (Wildman–Crippen MR) is 125 cm³/mol. The Morgan fingerprint density at radius 2 is 1.90 bits per heavy atom. The van der Waals surface area contributed by atoms with Crippen molar-refractivity contribution in [3.63, 3.8) is 0 Å². The van der Waals surface area contributed by atoms with Gasteiger partial charge in [0.15, 0.2) is 11.0 Å². The SMILES string of the molecule is O=C(CSc1nnc(-c2ccncc2)n1-c1ccc(Cl)cc1)NCCC1=CCCCC1. The molecule has 2 aromatic heterocycles. The second-order valence-electron chi connectivity index (χ2n) is 7.35. The van der Waals surface area contributed by atoms with Gasteiger partial charge in [0.25, 0.3) is 0 Å². The number of carbonyl (C=O) groups is 1. The van der Waals surface area contributed by atoms with Crippen LogP contribution in [0.3, 0.4) is 0 Å². The first-order valence-electron chi connectivity index (χ1n) is 10.4. The minimum atomic E-state index is -0.00229. The van der Waals surface area contributed by atoms with Gasteiger partial charge in [0.1, 0.15) is 0 Å². The zero-order valence-electron chi connectivity index (χ0n) is 17.1. The first kappa shape index (κ1) is 21.6. The quantitative estimate of drug-likeness (QED) is 0.380. The molecule has 0 radical (unpaired) electrons. The van der Waals surface area contributed by atoms with Crippen LogP contribution in [-0.4, -0.2) is 38.0 Å². The molecule has 1 amide bonds. The number of allylic oxidation sites excluding steroid dienone is 1. The minimum absolute atomic E-state index is 0.00229. The summed E-state index contributed by atoms with van der Waals surface area (Å²) in [5.41, 5.74) is 3.24. The number of nitrogens with zero attached hydrogens (tertiary/aromatic N) is 4. The van der Waals surface area contributed by atoms with E-state index in [2.05, 4.69) is 26.6 Å². The van der Waals surface area contributed by atoms with Crippen LogP contribution in [-0.2, 0) is 4.79 Å². The fraction of sp³-hybridized carbons (Fsp3) is 0.304. The van der Waals surface area contributed by atoms with E-state index in [1.807, 2.05) is 41.0 Å². The number of thioether (sulfide) groups is 1. The fourth-order valence-corrected chi connectivity index (χ4v) is 4.46. The van der Waals surface area contributed by atoms with Crippen molar-refractivity contribution in [2.75, 3.05) is 12.3 Å². The van der Waals surface area contributed by atoms with Gasteiger partial charge in [-0.2, -0.15) is 0 Å². The highest BCUT2D eigenvalue weighted by molar-refractivity contribution is 7.99. The third-order valence-electron chi connectivity index (χ3n) is 5.14. The highest BCUT2D eigenvalue weighted by atomic mass is 35.5. The maximum absolute atomic E-state index is 12.4. The first-order chi connectivity index (χ1) is 15.2. The van der Waals surface area contributed by atoms with Crippen molar-refractivity contribution < 1.29 is 4.79 Å². The van der Waals surface area contributed by atoms with Crippen LogP contribution in [0.4, 0.5) is 0 Å². The third kappa shape index (κ3) is 5.74. The summed E-state index contributed by atoms with van der Waals surface area (Å²) >= 11 is 7.44. The molecule has 0 saturated heterocycles. The van der Waals surface area contributed by atoms with E-state index in [1.54, 1.807) is 12.4 Å². The van der Waals surface area contributed by atoms with Crippen LogP contribution in [0.2, 0.25) is 5.02 Å². The monoisotopic (exact) mass is 453 g/mol. The summed E-state index contributed by atoms with van der Waals surface area (Å²) in [5.74, 6) is 0.968. The Hall–Kier alpha value is -2.64. The molecule has 0 bridgehead atoms. The van der Waals surface area contributed by atoms with Crippen LogP contribution < -0.4 is 5.32 Å². The van der Waals surface area contributed by atoms with Crippen LogP contribution in [0.25, 0.3) is 17.1 Å². The molecule has 0 saturated carbocycles. The molecule has 31 heavy (non-hydrogen) atoms. The number of carbonyl (C=O) groups excluding carboxylic acids is 1. The largest absolute Gasteiger partial charge is 0.355 e. The molecular formula is C23H24ClN5OS. The lowest BCUT2D eigenvalue weighted by Crippen LogP contribution is -2.26. The van der Waals surface area contributed by atoms with Crippen molar-refractivity contribution in [1.29, 1.82) is 0 Å². The van der Waals surface area contributed by atoms with Gasteiger partial charge in [0.05, 0.1) is 5.75 Å². The Labute approximate surface area is 191 Å². The molecule has 0 atom stereocenters. The Balaban J connectivity index is 1.45. The molecule has 4 rings (SSSR count). The Bertz CT molecular complexity index is 1050. The van der Waals surface area contributed by atoms with Gasteiger partial charge >= 0.3 is 0 Å². The van der Waals surface area contributed by atoms with Gasteiger partial charge in [-0.25, -0.2) is 0 Å². The predicted octanol–water partition coefficient (Wildman–Crippen LogP) is 5.08. The van der Waals surface area contributed by atoms with Crippen molar-refractivity contribution in [3.05, 3.63) is 65.5 Å². The molecule has 0 aliphatic heterocycles. The van der Waals surface area contributed by atoms with Crippen LogP contribution >= 0.6 is 23.4 Å². The standard InChI is InChI=1S/C23H24ClN5OS/c24-19-6-8-20(9-7-19)29-22(18-11-13-25-14-12-18)27-28-23(29)31-16-21(30)26-15-10-17-4-2-1-3-5-17/h4,6-9,11-14H,1-3,5,10,15-16H2,(H,26,30). The van der Waals surface area contributed by atoms with E-state index in [0.717, 1.165) is 24.1 Å². The van der Waals surface area contributed by atoms with Crippen LogP contribution in [0.1, 0.15) is 32.1 Å². The maximum atomic E-state index is 12.4. The molecule has 1 aliphatic rings. The average molecular weight is 454 g/mol. The van der Waals surface area contributed by atoms with E-state index in [0.29, 0.717) is 22.5 Å².